The molecule has 2 aromatic rings. The van der Waals surface area contributed by atoms with Crippen LogP contribution in [0.5, 0.6) is 5.75 Å². The van der Waals surface area contributed by atoms with Crippen molar-refractivity contribution in [1.29, 1.82) is 0 Å². The molecule has 0 saturated carbocycles. The normalized spacial score (nSPS) is 10.5. The highest BCUT2D eigenvalue weighted by atomic mass is 32.1. The van der Waals surface area contributed by atoms with Crippen LogP contribution in [0.15, 0.2) is 23.6 Å². The van der Waals surface area contributed by atoms with Crippen LogP contribution < -0.4 is 10.5 Å². The van der Waals surface area contributed by atoms with Crippen molar-refractivity contribution in [1.82, 2.24) is 4.98 Å². The molecule has 0 saturated heterocycles. The number of hydrogen-bond donors (Lipinski definition) is 1. The Morgan fingerprint density at radius 3 is 2.82 bits per heavy atom. The van der Waals surface area contributed by atoms with Crippen LogP contribution in [-0.4, -0.2) is 12.1 Å². The molecule has 0 fully saturated rings. The number of ether oxygens (including phenoxy) is 1. The largest absolute Gasteiger partial charge is 0.496 e. The summed E-state index contributed by atoms with van der Waals surface area (Å²) >= 11 is 1.45. The molecule has 1 aromatic carbocycles. The van der Waals surface area contributed by atoms with E-state index >= 15 is 0 Å². The Morgan fingerprint density at radius 2 is 2.24 bits per heavy atom. The molecule has 2 N–H and O–H groups in total. The van der Waals surface area contributed by atoms with Gasteiger partial charge in [-0.3, -0.25) is 0 Å². The maximum atomic E-state index is 5.67. The summed E-state index contributed by atoms with van der Waals surface area (Å²) in [6.07, 6.45) is 2.20. The molecule has 17 heavy (non-hydrogen) atoms. The van der Waals surface area contributed by atoms with E-state index in [9.17, 15) is 0 Å². The van der Waals surface area contributed by atoms with E-state index < -0.39 is 0 Å². The lowest BCUT2D eigenvalue weighted by Gasteiger charge is -2.08. The topological polar surface area (TPSA) is 48.1 Å². The smallest absolute Gasteiger partial charge is 0.180 e. The highest BCUT2D eigenvalue weighted by Gasteiger charge is 2.09. The van der Waals surface area contributed by atoms with Crippen LogP contribution in [0.4, 0.5) is 5.13 Å². The van der Waals surface area contributed by atoms with Crippen molar-refractivity contribution in [3.63, 3.8) is 0 Å². The summed E-state index contributed by atoms with van der Waals surface area (Å²) in [4.78, 5) is 4.31. The van der Waals surface area contributed by atoms with Gasteiger partial charge in [0.05, 0.1) is 12.8 Å². The Balaban J connectivity index is 2.45. The van der Waals surface area contributed by atoms with Gasteiger partial charge >= 0.3 is 0 Å². The predicted octanol–water partition coefficient (Wildman–Crippen LogP) is 3.35. The van der Waals surface area contributed by atoms with E-state index in [0.717, 1.165) is 29.8 Å². The fourth-order valence-electron chi connectivity index (χ4n) is 1.81. The summed E-state index contributed by atoms with van der Waals surface area (Å²) in [6.45, 7) is 2.17. The number of methoxy groups -OCH3 is 1. The summed E-state index contributed by atoms with van der Waals surface area (Å²) in [7, 11) is 1.67. The summed E-state index contributed by atoms with van der Waals surface area (Å²) in [6, 6.07) is 6.23. The minimum absolute atomic E-state index is 0.586. The molecule has 1 aromatic heterocycles. The van der Waals surface area contributed by atoms with Crippen molar-refractivity contribution in [2.45, 2.75) is 19.8 Å². The number of aromatic nitrogens is 1. The number of aryl methyl sites for hydroxylation is 1. The predicted molar refractivity (Wildman–Crippen MR) is 72.5 cm³/mol. The molecular formula is C13H16N2OS. The number of nitrogen functional groups attached to an aromatic ring is 1. The zero-order chi connectivity index (χ0) is 12.3. The monoisotopic (exact) mass is 248 g/mol. The lowest BCUT2D eigenvalue weighted by molar-refractivity contribution is 0.416. The Kier molecular flexibility index (Phi) is 3.64. The third-order valence-corrected chi connectivity index (χ3v) is 3.27. The fourth-order valence-corrected chi connectivity index (χ4v) is 2.37. The molecule has 0 aliphatic carbocycles. The van der Waals surface area contributed by atoms with Crippen molar-refractivity contribution in [3.05, 3.63) is 29.1 Å². The van der Waals surface area contributed by atoms with Crippen molar-refractivity contribution >= 4 is 16.5 Å². The SMILES string of the molecule is CCCc1ccc(OC)c(-c2csc(N)n2)c1. The summed E-state index contributed by atoms with van der Waals surface area (Å²) < 4.78 is 5.37. The average molecular weight is 248 g/mol. The molecule has 0 amide bonds. The number of thiazole rings is 1. The number of rotatable bonds is 4. The van der Waals surface area contributed by atoms with E-state index in [4.69, 9.17) is 10.5 Å². The van der Waals surface area contributed by atoms with Crippen LogP contribution in [0.2, 0.25) is 0 Å². The minimum Gasteiger partial charge on any atom is -0.496 e. The van der Waals surface area contributed by atoms with Crippen LogP contribution in [0.3, 0.4) is 0 Å². The molecule has 0 aliphatic rings. The van der Waals surface area contributed by atoms with Gasteiger partial charge in [-0.1, -0.05) is 19.4 Å². The highest BCUT2D eigenvalue weighted by Crippen LogP contribution is 2.32. The first-order chi connectivity index (χ1) is 8.24. The zero-order valence-corrected chi connectivity index (χ0v) is 10.9. The number of hydrogen-bond acceptors (Lipinski definition) is 4. The first kappa shape index (κ1) is 11.9. The summed E-state index contributed by atoms with van der Waals surface area (Å²) in [5.41, 5.74) is 8.88. The van der Waals surface area contributed by atoms with Crippen LogP contribution in [0, 0.1) is 0 Å². The van der Waals surface area contributed by atoms with Gasteiger partial charge in [0.2, 0.25) is 0 Å². The van der Waals surface area contributed by atoms with Gasteiger partial charge in [0.1, 0.15) is 5.75 Å². The Bertz CT molecular complexity index is 508. The minimum atomic E-state index is 0.586. The van der Waals surface area contributed by atoms with Crippen molar-refractivity contribution in [2.75, 3.05) is 12.8 Å². The van der Waals surface area contributed by atoms with E-state index in [2.05, 4.69) is 24.0 Å². The van der Waals surface area contributed by atoms with E-state index in [-0.39, 0.29) is 0 Å². The molecule has 0 atom stereocenters. The first-order valence-corrected chi connectivity index (χ1v) is 6.51. The number of nitrogens with zero attached hydrogens (tertiary/aromatic N) is 1. The van der Waals surface area contributed by atoms with E-state index in [0.29, 0.717) is 5.13 Å². The first-order valence-electron chi connectivity index (χ1n) is 5.63. The van der Waals surface area contributed by atoms with Gasteiger partial charge in [-0.15, -0.1) is 11.3 Å². The standard InChI is InChI=1S/C13H16N2OS/c1-3-4-9-5-6-12(16-2)10(7-9)11-8-17-13(14)15-11/h5-8H,3-4H2,1-2H3,(H2,14,15). The molecule has 0 bridgehead atoms. The van der Waals surface area contributed by atoms with Gasteiger partial charge in [0, 0.05) is 10.9 Å². The van der Waals surface area contributed by atoms with Gasteiger partial charge in [-0.2, -0.15) is 0 Å². The maximum Gasteiger partial charge on any atom is 0.180 e. The second-order valence-electron chi connectivity index (χ2n) is 3.86. The molecule has 90 valence electrons. The lowest BCUT2D eigenvalue weighted by Crippen LogP contribution is -1.92. The fraction of sp³-hybridized carbons (Fsp3) is 0.308. The van der Waals surface area contributed by atoms with E-state index in [1.54, 1.807) is 7.11 Å². The third-order valence-electron chi connectivity index (χ3n) is 2.60. The van der Waals surface area contributed by atoms with Gasteiger partial charge < -0.3 is 10.5 Å². The molecule has 0 unspecified atom stereocenters. The third kappa shape index (κ3) is 2.58. The second-order valence-corrected chi connectivity index (χ2v) is 4.75. The van der Waals surface area contributed by atoms with Crippen LogP contribution in [0.25, 0.3) is 11.3 Å². The Morgan fingerprint density at radius 1 is 1.41 bits per heavy atom. The summed E-state index contributed by atoms with van der Waals surface area (Å²) in [5.74, 6) is 0.843. The highest BCUT2D eigenvalue weighted by molar-refractivity contribution is 7.13. The molecule has 4 heteroatoms. The van der Waals surface area contributed by atoms with Gasteiger partial charge in [0.15, 0.2) is 5.13 Å². The van der Waals surface area contributed by atoms with E-state index in [1.165, 1.54) is 16.9 Å². The van der Waals surface area contributed by atoms with Gasteiger partial charge in [0.25, 0.3) is 0 Å². The molecule has 0 radical (unpaired) electrons. The molecular weight excluding hydrogens is 232 g/mol. The quantitative estimate of drug-likeness (QED) is 0.902. The van der Waals surface area contributed by atoms with Crippen molar-refractivity contribution in [3.8, 4) is 17.0 Å². The van der Waals surface area contributed by atoms with E-state index in [1.807, 2.05) is 11.4 Å². The van der Waals surface area contributed by atoms with Crippen LogP contribution in [0.1, 0.15) is 18.9 Å². The zero-order valence-electron chi connectivity index (χ0n) is 10.1. The molecule has 2 rings (SSSR count). The molecule has 1 heterocycles. The van der Waals surface area contributed by atoms with Crippen LogP contribution in [-0.2, 0) is 6.42 Å². The summed E-state index contributed by atoms with van der Waals surface area (Å²) in [5, 5.41) is 2.55. The number of nitrogens with two attached hydrogens (primary N) is 1. The van der Waals surface area contributed by atoms with Crippen molar-refractivity contribution < 1.29 is 4.74 Å². The number of anilines is 1. The van der Waals surface area contributed by atoms with Gasteiger partial charge in [-0.05, 0) is 24.1 Å². The molecule has 0 aliphatic heterocycles. The maximum absolute atomic E-state index is 5.67. The second kappa shape index (κ2) is 5.19. The molecule has 3 nitrogen and oxygen atoms in total. The number of benzene rings is 1. The molecule has 0 spiro atoms. The average Bonchev–Trinajstić information content (AvgIpc) is 2.76. The van der Waals surface area contributed by atoms with Crippen LogP contribution >= 0.6 is 11.3 Å². The lowest BCUT2D eigenvalue weighted by atomic mass is 10.0. The van der Waals surface area contributed by atoms with Gasteiger partial charge in [-0.25, -0.2) is 4.98 Å². The Hall–Kier alpha value is -1.55. The van der Waals surface area contributed by atoms with Crippen molar-refractivity contribution in [2.24, 2.45) is 0 Å². The Labute approximate surface area is 105 Å².